The molecule has 4 rings (SSSR count). The first-order chi connectivity index (χ1) is 14.7. The first-order valence-electron chi connectivity index (χ1n) is 9.41. The topological polar surface area (TPSA) is 80.9 Å². The van der Waals surface area contributed by atoms with Gasteiger partial charge in [-0.05, 0) is 36.2 Å². The molecule has 6 nitrogen and oxygen atoms in total. The van der Waals surface area contributed by atoms with E-state index in [1.54, 1.807) is 24.0 Å². The highest BCUT2D eigenvalue weighted by Gasteiger charge is 2.21. The first-order valence-corrected chi connectivity index (χ1v) is 10.7. The number of pyridine rings is 1. The molecule has 8 heteroatoms. The van der Waals surface area contributed by atoms with Crippen LogP contribution in [0.1, 0.15) is 17.0 Å². The molecule has 0 fully saturated rings. The zero-order valence-corrected chi connectivity index (χ0v) is 17.6. The summed E-state index contributed by atoms with van der Waals surface area (Å²) in [6, 6.07) is 12.6. The molecule has 0 saturated carbocycles. The number of nitrogens with zero attached hydrogens (tertiary/aromatic N) is 3. The number of hydrogen-bond donors (Lipinski definition) is 1. The molecule has 0 bridgehead atoms. The SMILES string of the molecule is O=C(Cc1cc(-c2ccncc2)no1)[C@H](Cc1ccc(Cl)cc1)NCc1cscn1. The summed E-state index contributed by atoms with van der Waals surface area (Å²) in [5.41, 5.74) is 5.30. The van der Waals surface area contributed by atoms with Gasteiger partial charge in [-0.3, -0.25) is 9.78 Å². The molecule has 0 spiro atoms. The lowest BCUT2D eigenvalue weighted by molar-refractivity contribution is -0.120. The Morgan fingerprint density at radius 3 is 2.70 bits per heavy atom. The number of carbonyl (C=O) groups is 1. The van der Waals surface area contributed by atoms with Gasteiger partial charge in [-0.1, -0.05) is 28.9 Å². The fraction of sp³-hybridized carbons (Fsp3) is 0.182. The van der Waals surface area contributed by atoms with Crippen molar-refractivity contribution in [2.24, 2.45) is 0 Å². The van der Waals surface area contributed by atoms with Gasteiger partial charge < -0.3 is 9.84 Å². The van der Waals surface area contributed by atoms with E-state index in [-0.39, 0.29) is 18.2 Å². The predicted molar refractivity (Wildman–Crippen MR) is 116 cm³/mol. The number of Topliss-reactive ketones (excluding diaryl/α,β-unsaturated/α-hetero) is 1. The van der Waals surface area contributed by atoms with E-state index in [1.807, 2.05) is 41.8 Å². The third-order valence-corrected chi connectivity index (χ3v) is 5.53. The second kappa shape index (κ2) is 9.75. The second-order valence-electron chi connectivity index (χ2n) is 6.80. The zero-order valence-electron chi connectivity index (χ0n) is 16.0. The van der Waals surface area contributed by atoms with Gasteiger partial charge in [0, 0.05) is 41.0 Å². The highest BCUT2D eigenvalue weighted by atomic mass is 35.5. The number of halogens is 1. The van der Waals surface area contributed by atoms with E-state index in [1.165, 1.54) is 11.3 Å². The van der Waals surface area contributed by atoms with Gasteiger partial charge in [0.1, 0.15) is 11.5 Å². The van der Waals surface area contributed by atoms with Crippen LogP contribution in [0, 0.1) is 0 Å². The third kappa shape index (κ3) is 5.38. The van der Waals surface area contributed by atoms with Crippen molar-refractivity contribution in [2.75, 3.05) is 0 Å². The van der Waals surface area contributed by atoms with Gasteiger partial charge >= 0.3 is 0 Å². The summed E-state index contributed by atoms with van der Waals surface area (Å²) in [5.74, 6) is 0.556. The Balaban J connectivity index is 1.46. The summed E-state index contributed by atoms with van der Waals surface area (Å²) in [5, 5.41) is 10.1. The van der Waals surface area contributed by atoms with Crippen molar-refractivity contribution in [1.29, 1.82) is 0 Å². The summed E-state index contributed by atoms with van der Waals surface area (Å²) >= 11 is 7.52. The molecule has 1 aromatic carbocycles. The Labute approximate surface area is 182 Å². The molecule has 0 saturated heterocycles. The molecular weight excluding hydrogens is 420 g/mol. The largest absolute Gasteiger partial charge is 0.360 e. The van der Waals surface area contributed by atoms with Crippen LogP contribution in [0.15, 0.2) is 70.3 Å². The van der Waals surface area contributed by atoms with Gasteiger partial charge in [-0.2, -0.15) is 0 Å². The van der Waals surface area contributed by atoms with Gasteiger partial charge in [0.25, 0.3) is 0 Å². The lowest BCUT2D eigenvalue weighted by Crippen LogP contribution is -2.39. The van der Waals surface area contributed by atoms with Crippen LogP contribution in [0.2, 0.25) is 5.02 Å². The molecule has 0 aliphatic heterocycles. The molecule has 30 heavy (non-hydrogen) atoms. The second-order valence-corrected chi connectivity index (χ2v) is 7.96. The molecule has 0 radical (unpaired) electrons. The van der Waals surface area contributed by atoms with Gasteiger partial charge in [0.15, 0.2) is 5.78 Å². The molecule has 0 amide bonds. The standard InChI is InChI=1S/C22H19ClN4O2S/c23-17-3-1-15(2-4-17)9-21(25-12-18-13-30-14-26-18)22(28)11-19-10-20(27-29-19)16-5-7-24-8-6-16/h1-8,10,13-14,21,25H,9,11-12H2/t21-/m0/s1. The Hall–Kier alpha value is -2.87. The van der Waals surface area contributed by atoms with E-state index < -0.39 is 0 Å². The van der Waals surface area contributed by atoms with E-state index in [0.717, 1.165) is 16.8 Å². The van der Waals surface area contributed by atoms with E-state index in [9.17, 15) is 4.79 Å². The Kier molecular flexibility index (Phi) is 6.63. The Morgan fingerprint density at radius 1 is 1.17 bits per heavy atom. The Morgan fingerprint density at radius 2 is 1.97 bits per heavy atom. The van der Waals surface area contributed by atoms with Crippen molar-refractivity contribution in [3.05, 3.63) is 87.8 Å². The summed E-state index contributed by atoms with van der Waals surface area (Å²) in [6.07, 6.45) is 4.09. The predicted octanol–water partition coefficient (Wildman–Crippen LogP) is 4.36. The number of benzene rings is 1. The number of rotatable bonds is 9. The highest BCUT2D eigenvalue weighted by molar-refractivity contribution is 7.07. The fourth-order valence-electron chi connectivity index (χ4n) is 3.06. The smallest absolute Gasteiger partial charge is 0.157 e. The van der Waals surface area contributed by atoms with Crippen molar-refractivity contribution in [1.82, 2.24) is 20.4 Å². The van der Waals surface area contributed by atoms with Crippen LogP contribution in [-0.2, 0) is 24.2 Å². The van der Waals surface area contributed by atoms with E-state index in [2.05, 4.69) is 20.4 Å². The van der Waals surface area contributed by atoms with Crippen molar-refractivity contribution >= 4 is 28.7 Å². The van der Waals surface area contributed by atoms with Crippen molar-refractivity contribution in [3.8, 4) is 11.3 Å². The number of nitrogens with one attached hydrogen (secondary N) is 1. The number of thiazole rings is 1. The lowest BCUT2D eigenvalue weighted by atomic mass is 9.99. The minimum atomic E-state index is -0.387. The average Bonchev–Trinajstić information content (AvgIpc) is 3.45. The van der Waals surface area contributed by atoms with Crippen LogP contribution in [0.25, 0.3) is 11.3 Å². The molecular formula is C22H19ClN4O2S. The van der Waals surface area contributed by atoms with Crippen LogP contribution in [0.5, 0.6) is 0 Å². The summed E-state index contributed by atoms with van der Waals surface area (Å²) < 4.78 is 5.41. The number of carbonyl (C=O) groups excluding carboxylic acids is 1. The van der Waals surface area contributed by atoms with Crippen molar-refractivity contribution in [3.63, 3.8) is 0 Å². The van der Waals surface area contributed by atoms with E-state index in [0.29, 0.717) is 29.4 Å². The third-order valence-electron chi connectivity index (χ3n) is 4.64. The number of ketones is 1. The van der Waals surface area contributed by atoms with Crippen LogP contribution in [0.4, 0.5) is 0 Å². The van der Waals surface area contributed by atoms with Crippen LogP contribution in [0.3, 0.4) is 0 Å². The van der Waals surface area contributed by atoms with Gasteiger partial charge in [-0.25, -0.2) is 4.98 Å². The van der Waals surface area contributed by atoms with Crippen LogP contribution < -0.4 is 5.32 Å². The maximum atomic E-state index is 13.1. The number of hydrogen-bond acceptors (Lipinski definition) is 7. The van der Waals surface area contributed by atoms with Gasteiger partial charge in [0.05, 0.1) is 23.7 Å². The molecule has 3 aromatic heterocycles. The molecule has 152 valence electrons. The van der Waals surface area contributed by atoms with Crippen LogP contribution >= 0.6 is 22.9 Å². The lowest BCUT2D eigenvalue weighted by Gasteiger charge is -2.17. The molecule has 1 N–H and O–H groups in total. The Bertz CT molecular complexity index is 1080. The summed E-state index contributed by atoms with van der Waals surface area (Å²) in [4.78, 5) is 21.4. The number of aromatic nitrogens is 3. The minimum Gasteiger partial charge on any atom is -0.360 e. The summed E-state index contributed by atoms with van der Waals surface area (Å²) in [7, 11) is 0. The molecule has 0 aliphatic carbocycles. The molecule has 4 aromatic rings. The molecule has 0 unspecified atom stereocenters. The molecule has 3 heterocycles. The molecule has 1 atom stereocenters. The quantitative estimate of drug-likeness (QED) is 0.418. The normalized spacial score (nSPS) is 12.0. The van der Waals surface area contributed by atoms with Gasteiger partial charge in [0.2, 0.25) is 0 Å². The maximum absolute atomic E-state index is 13.1. The summed E-state index contributed by atoms with van der Waals surface area (Å²) in [6.45, 7) is 0.520. The fourth-order valence-corrected chi connectivity index (χ4v) is 3.74. The zero-order chi connectivity index (χ0) is 20.8. The minimum absolute atomic E-state index is 0.0256. The van der Waals surface area contributed by atoms with Crippen molar-refractivity contribution < 1.29 is 9.32 Å². The monoisotopic (exact) mass is 438 g/mol. The molecule has 0 aliphatic rings. The van der Waals surface area contributed by atoms with Crippen molar-refractivity contribution in [2.45, 2.75) is 25.4 Å². The van der Waals surface area contributed by atoms with E-state index >= 15 is 0 Å². The average molecular weight is 439 g/mol. The first kappa shape index (κ1) is 20.4. The van der Waals surface area contributed by atoms with Gasteiger partial charge in [-0.15, -0.1) is 11.3 Å². The highest BCUT2D eigenvalue weighted by Crippen LogP contribution is 2.19. The van der Waals surface area contributed by atoms with Crippen LogP contribution in [-0.4, -0.2) is 26.9 Å². The van der Waals surface area contributed by atoms with E-state index in [4.69, 9.17) is 16.1 Å². The maximum Gasteiger partial charge on any atom is 0.157 e.